The quantitative estimate of drug-likeness (QED) is 0.824. The summed E-state index contributed by atoms with van der Waals surface area (Å²) in [7, 11) is 2.00. The number of halogens is 1. The van der Waals surface area contributed by atoms with Crippen LogP contribution in [-0.4, -0.2) is 13.6 Å². The molecule has 1 saturated carbocycles. The van der Waals surface area contributed by atoms with Crippen molar-refractivity contribution in [3.05, 3.63) is 34.9 Å². The lowest BCUT2D eigenvalue weighted by Crippen LogP contribution is -2.32. The van der Waals surface area contributed by atoms with Crippen molar-refractivity contribution >= 4 is 11.6 Å². The van der Waals surface area contributed by atoms with Crippen LogP contribution < -0.4 is 11.1 Å². The summed E-state index contributed by atoms with van der Waals surface area (Å²) in [6.45, 7) is 0.751. The second-order valence-corrected chi connectivity index (χ2v) is 4.78. The van der Waals surface area contributed by atoms with E-state index in [-0.39, 0.29) is 5.41 Å². The van der Waals surface area contributed by atoms with Gasteiger partial charge in [-0.3, -0.25) is 0 Å². The number of hydrogen-bond donors (Lipinski definition) is 2. The minimum atomic E-state index is 0.280. The third-order valence-electron chi connectivity index (χ3n) is 3.40. The molecule has 0 aromatic heterocycles. The van der Waals surface area contributed by atoms with Gasteiger partial charge in [-0.05, 0) is 44.1 Å². The number of hydrogen-bond acceptors (Lipinski definition) is 2. The predicted octanol–water partition coefficient (Wildman–Crippen LogP) is 2.34. The van der Waals surface area contributed by atoms with E-state index in [1.165, 1.54) is 18.4 Å². The molecule has 0 aliphatic heterocycles. The van der Waals surface area contributed by atoms with Crippen LogP contribution in [0.25, 0.3) is 0 Å². The fourth-order valence-corrected chi connectivity index (χ4v) is 2.38. The lowest BCUT2D eigenvalue weighted by Gasteiger charge is -2.25. The Kier molecular flexibility index (Phi) is 3.01. The maximum absolute atomic E-state index is 5.88. The van der Waals surface area contributed by atoms with Gasteiger partial charge in [0.05, 0.1) is 0 Å². The van der Waals surface area contributed by atoms with Crippen LogP contribution in [0.2, 0.25) is 5.02 Å². The normalized spacial score (nSPS) is 19.9. The summed E-state index contributed by atoms with van der Waals surface area (Å²) in [5, 5.41) is 4.15. The lowest BCUT2D eigenvalue weighted by atomic mass is 9.90. The van der Waals surface area contributed by atoms with E-state index in [2.05, 4.69) is 17.4 Å². The van der Waals surface area contributed by atoms with Crippen LogP contribution in [0.15, 0.2) is 24.3 Å². The number of rotatable bonds is 4. The Morgan fingerprint density at radius 2 is 2.00 bits per heavy atom. The van der Waals surface area contributed by atoms with Crippen LogP contribution >= 0.6 is 11.6 Å². The van der Waals surface area contributed by atoms with Crippen LogP contribution in [0.5, 0.6) is 0 Å². The molecule has 0 bridgehead atoms. The topological polar surface area (TPSA) is 38.0 Å². The van der Waals surface area contributed by atoms with Crippen molar-refractivity contribution in [1.82, 2.24) is 5.32 Å². The second kappa shape index (κ2) is 4.12. The average molecular weight is 225 g/mol. The first-order chi connectivity index (χ1) is 7.22. The van der Waals surface area contributed by atoms with Gasteiger partial charge in [0.2, 0.25) is 0 Å². The van der Waals surface area contributed by atoms with E-state index in [1.807, 2.05) is 19.2 Å². The fourth-order valence-electron chi connectivity index (χ4n) is 2.25. The van der Waals surface area contributed by atoms with E-state index >= 15 is 0 Å². The number of benzene rings is 1. The van der Waals surface area contributed by atoms with Crippen molar-refractivity contribution in [1.29, 1.82) is 0 Å². The fraction of sp³-hybridized carbons (Fsp3) is 0.500. The summed E-state index contributed by atoms with van der Waals surface area (Å²) in [5.41, 5.74) is 7.41. The van der Waals surface area contributed by atoms with Crippen molar-refractivity contribution in [2.75, 3.05) is 13.6 Å². The van der Waals surface area contributed by atoms with Crippen molar-refractivity contribution in [2.24, 2.45) is 11.1 Å². The highest BCUT2D eigenvalue weighted by Gasteiger charge is 2.48. The number of nitrogens with two attached hydrogens (primary N) is 1. The molecule has 0 amide bonds. The van der Waals surface area contributed by atoms with Crippen LogP contribution in [0.4, 0.5) is 0 Å². The van der Waals surface area contributed by atoms with Crippen molar-refractivity contribution in [3.63, 3.8) is 0 Å². The van der Waals surface area contributed by atoms with Crippen LogP contribution in [-0.2, 0) is 0 Å². The smallest absolute Gasteiger partial charge is 0.0406 e. The first kappa shape index (κ1) is 10.9. The molecule has 1 unspecified atom stereocenters. The zero-order valence-electron chi connectivity index (χ0n) is 8.96. The highest BCUT2D eigenvalue weighted by molar-refractivity contribution is 6.30. The van der Waals surface area contributed by atoms with Gasteiger partial charge >= 0.3 is 0 Å². The molecule has 82 valence electrons. The van der Waals surface area contributed by atoms with Crippen molar-refractivity contribution < 1.29 is 0 Å². The maximum atomic E-state index is 5.88. The van der Waals surface area contributed by atoms with Gasteiger partial charge in [-0.25, -0.2) is 0 Å². The predicted molar refractivity (Wildman–Crippen MR) is 64.0 cm³/mol. The molecule has 2 nitrogen and oxygen atoms in total. The van der Waals surface area contributed by atoms with Crippen molar-refractivity contribution in [3.8, 4) is 0 Å². The highest BCUT2D eigenvalue weighted by atomic mass is 35.5. The van der Waals surface area contributed by atoms with Gasteiger partial charge in [0.15, 0.2) is 0 Å². The Balaban J connectivity index is 2.23. The molecule has 0 radical (unpaired) electrons. The van der Waals surface area contributed by atoms with Gasteiger partial charge in [0, 0.05) is 16.5 Å². The van der Waals surface area contributed by atoms with E-state index in [4.69, 9.17) is 17.3 Å². The summed E-state index contributed by atoms with van der Waals surface area (Å²) in [6.07, 6.45) is 2.44. The molecular formula is C12H17ClN2. The van der Waals surface area contributed by atoms with Gasteiger partial charge in [0.25, 0.3) is 0 Å². The first-order valence-electron chi connectivity index (χ1n) is 5.35. The van der Waals surface area contributed by atoms with Crippen LogP contribution in [0.3, 0.4) is 0 Å². The van der Waals surface area contributed by atoms with Gasteiger partial charge in [-0.1, -0.05) is 23.7 Å². The molecule has 0 saturated heterocycles. The summed E-state index contributed by atoms with van der Waals surface area (Å²) < 4.78 is 0. The van der Waals surface area contributed by atoms with E-state index in [0.29, 0.717) is 6.04 Å². The summed E-state index contributed by atoms with van der Waals surface area (Å²) in [4.78, 5) is 0. The number of nitrogens with one attached hydrogen (secondary N) is 1. The third kappa shape index (κ3) is 2.03. The summed E-state index contributed by atoms with van der Waals surface area (Å²) in [5.74, 6) is 0. The molecule has 1 aromatic rings. The maximum Gasteiger partial charge on any atom is 0.0406 e. The third-order valence-corrected chi connectivity index (χ3v) is 3.66. The van der Waals surface area contributed by atoms with E-state index < -0.39 is 0 Å². The van der Waals surface area contributed by atoms with Crippen molar-refractivity contribution in [2.45, 2.75) is 18.9 Å². The van der Waals surface area contributed by atoms with Gasteiger partial charge < -0.3 is 11.1 Å². The Morgan fingerprint density at radius 1 is 1.40 bits per heavy atom. The molecule has 1 aliphatic rings. The Morgan fingerprint density at radius 3 is 2.40 bits per heavy atom. The molecule has 3 N–H and O–H groups in total. The molecule has 1 aliphatic carbocycles. The highest BCUT2D eigenvalue weighted by Crippen LogP contribution is 2.53. The zero-order chi connectivity index (χ0) is 10.9. The van der Waals surface area contributed by atoms with Crippen LogP contribution in [0, 0.1) is 5.41 Å². The van der Waals surface area contributed by atoms with E-state index in [9.17, 15) is 0 Å². The van der Waals surface area contributed by atoms with Gasteiger partial charge in [0.1, 0.15) is 0 Å². The standard InChI is InChI=1S/C12H17ClN2/c1-15-11(12(8-14)6-7-12)9-2-4-10(13)5-3-9/h2-5,11,15H,6-8,14H2,1H3. The average Bonchev–Trinajstić information content (AvgIpc) is 3.03. The Bertz CT molecular complexity index is 330. The summed E-state index contributed by atoms with van der Waals surface area (Å²) in [6, 6.07) is 8.40. The van der Waals surface area contributed by atoms with Gasteiger partial charge in [-0.2, -0.15) is 0 Å². The lowest BCUT2D eigenvalue weighted by molar-refractivity contribution is 0.366. The molecule has 3 heteroatoms. The second-order valence-electron chi connectivity index (χ2n) is 4.34. The zero-order valence-corrected chi connectivity index (χ0v) is 9.72. The Labute approximate surface area is 95.8 Å². The first-order valence-corrected chi connectivity index (χ1v) is 5.72. The molecule has 0 spiro atoms. The molecule has 15 heavy (non-hydrogen) atoms. The molecule has 0 heterocycles. The van der Waals surface area contributed by atoms with E-state index in [0.717, 1.165) is 11.6 Å². The molecule has 1 atom stereocenters. The van der Waals surface area contributed by atoms with Gasteiger partial charge in [-0.15, -0.1) is 0 Å². The molecular weight excluding hydrogens is 208 g/mol. The largest absolute Gasteiger partial charge is 0.330 e. The minimum absolute atomic E-state index is 0.280. The molecule has 1 aromatic carbocycles. The Hall–Kier alpha value is -0.570. The van der Waals surface area contributed by atoms with Crippen LogP contribution in [0.1, 0.15) is 24.4 Å². The summed E-state index contributed by atoms with van der Waals surface area (Å²) >= 11 is 5.88. The van der Waals surface area contributed by atoms with E-state index in [1.54, 1.807) is 0 Å². The monoisotopic (exact) mass is 224 g/mol. The SMILES string of the molecule is CNC(c1ccc(Cl)cc1)C1(CN)CC1. The molecule has 2 rings (SSSR count). The minimum Gasteiger partial charge on any atom is -0.330 e. The molecule has 1 fully saturated rings.